The van der Waals surface area contributed by atoms with Crippen LogP contribution in [-0.2, 0) is 19.4 Å². The maximum atomic E-state index is 6.04. The molecule has 0 spiro atoms. The number of aryl methyl sites for hydroxylation is 2. The van der Waals surface area contributed by atoms with Crippen molar-refractivity contribution in [1.82, 2.24) is 14.5 Å². The second-order valence-electron chi connectivity index (χ2n) is 6.16. The van der Waals surface area contributed by atoms with Crippen LogP contribution >= 0.6 is 24.0 Å². The monoisotopic (exact) mass is 460 g/mol. The molecular weight excluding hydrogens is 439 g/mol. The van der Waals surface area contributed by atoms with Crippen molar-refractivity contribution < 1.29 is 0 Å². The molecule has 1 aliphatic rings. The number of benzene rings is 1. The van der Waals surface area contributed by atoms with E-state index in [1.54, 1.807) is 18.7 Å². The number of hydrogen-bond donors (Lipinski definition) is 2. The summed E-state index contributed by atoms with van der Waals surface area (Å²) in [7, 11) is 0. The maximum Gasteiger partial charge on any atom is 0.193 e. The smallest absolute Gasteiger partial charge is 0.193 e. The largest absolute Gasteiger partial charge is 0.370 e. The highest BCUT2D eigenvalue weighted by Crippen LogP contribution is 2.24. The van der Waals surface area contributed by atoms with Gasteiger partial charge in [0.25, 0.3) is 0 Å². The topological polar surface area (TPSA) is 81.1 Å². The van der Waals surface area contributed by atoms with Crippen LogP contribution in [0.1, 0.15) is 23.1 Å². The predicted molar refractivity (Wildman–Crippen MR) is 114 cm³/mol. The van der Waals surface area contributed by atoms with Gasteiger partial charge in [-0.3, -0.25) is 4.57 Å². The number of anilines is 1. The number of nitrogens with one attached hydrogen (secondary N) is 1. The van der Waals surface area contributed by atoms with Crippen molar-refractivity contribution in [2.45, 2.75) is 25.8 Å². The molecular formula is C19H21IN6. The summed E-state index contributed by atoms with van der Waals surface area (Å²) in [6.07, 6.45) is 10.6. The van der Waals surface area contributed by atoms with E-state index in [1.165, 1.54) is 24.0 Å². The van der Waals surface area contributed by atoms with E-state index in [0.717, 1.165) is 23.5 Å². The molecule has 7 heteroatoms. The molecule has 0 aliphatic heterocycles. The van der Waals surface area contributed by atoms with Gasteiger partial charge in [0.05, 0.1) is 6.54 Å². The van der Waals surface area contributed by atoms with Gasteiger partial charge in [0, 0.05) is 24.3 Å². The third-order valence-corrected chi connectivity index (χ3v) is 4.38. The Morgan fingerprint density at radius 1 is 1.15 bits per heavy atom. The summed E-state index contributed by atoms with van der Waals surface area (Å²) in [6.45, 7) is 0.494. The highest BCUT2D eigenvalue weighted by molar-refractivity contribution is 14.0. The quantitative estimate of drug-likeness (QED) is 0.356. The number of aliphatic imine (C=N–C) groups is 1. The average molecular weight is 460 g/mol. The first kappa shape index (κ1) is 18.4. The molecule has 0 radical (unpaired) electrons. The number of nitrogens with zero attached hydrogens (tertiary/aromatic N) is 4. The van der Waals surface area contributed by atoms with Gasteiger partial charge < -0.3 is 11.1 Å². The number of fused-ring (bicyclic) bond motifs is 1. The van der Waals surface area contributed by atoms with Gasteiger partial charge in [-0.05, 0) is 60.2 Å². The van der Waals surface area contributed by atoms with Crippen LogP contribution in [0.4, 0.5) is 5.69 Å². The summed E-state index contributed by atoms with van der Waals surface area (Å²) < 4.78 is 1.86. The minimum Gasteiger partial charge on any atom is -0.370 e. The molecule has 0 amide bonds. The van der Waals surface area contributed by atoms with Crippen LogP contribution in [0.2, 0.25) is 0 Å². The number of rotatable bonds is 4. The van der Waals surface area contributed by atoms with Gasteiger partial charge in [-0.25, -0.2) is 15.0 Å². The van der Waals surface area contributed by atoms with Gasteiger partial charge in [-0.1, -0.05) is 6.07 Å². The van der Waals surface area contributed by atoms with E-state index in [4.69, 9.17) is 5.73 Å². The molecule has 134 valence electrons. The molecule has 0 unspecified atom stereocenters. The maximum absolute atomic E-state index is 6.04. The molecule has 3 aromatic rings. The van der Waals surface area contributed by atoms with E-state index in [-0.39, 0.29) is 24.0 Å². The SMILES string of the molecule is I.NC(=NCc1ccnc(-n2ccnc2)c1)Nc1ccc2c(c1)CCC2. The van der Waals surface area contributed by atoms with E-state index < -0.39 is 0 Å². The van der Waals surface area contributed by atoms with E-state index in [9.17, 15) is 0 Å². The summed E-state index contributed by atoms with van der Waals surface area (Å²) in [4.78, 5) is 12.8. The van der Waals surface area contributed by atoms with Crippen molar-refractivity contribution in [2.75, 3.05) is 5.32 Å². The molecule has 1 aromatic carbocycles. The lowest BCUT2D eigenvalue weighted by Gasteiger charge is -2.08. The summed E-state index contributed by atoms with van der Waals surface area (Å²) in [6, 6.07) is 10.3. The van der Waals surface area contributed by atoms with Crippen LogP contribution in [0.5, 0.6) is 0 Å². The van der Waals surface area contributed by atoms with E-state index in [1.807, 2.05) is 22.9 Å². The molecule has 1 aliphatic carbocycles. The van der Waals surface area contributed by atoms with Gasteiger partial charge in [0.1, 0.15) is 12.1 Å². The Morgan fingerprint density at radius 2 is 2.04 bits per heavy atom. The van der Waals surface area contributed by atoms with Gasteiger partial charge in [-0.2, -0.15) is 0 Å². The first-order chi connectivity index (χ1) is 12.3. The number of aromatic nitrogens is 3. The molecule has 6 nitrogen and oxygen atoms in total. The Hall–Kier alpha value is -2.42. The molecule has 2 aromatic heterocycles. The lowest BCUT2D eigenvalue weighted by molar-refractivity contribution is 0.912. The number of halogens is 1. The van der Waals surface area contributed by atoms with E-state index in [2.05, 4.69) is 38.5 Å². The molecule has 0 saturated carbocycles. The summed E-state index contributed by atoms with van der Waals surface area (Å²) >= 11 is 0. The van der Waals surface area contributed by atoms with Crippen molar-refractivity contribution in [1.29, 1.82) is 0 Å². The normalized spacial score (nSPS) is 13.2. The number of pyridine rings is 1. The highest BCUT2D eigenvalue weighted by Gasteiger charge is 2.10. The van der Waals surface area contributed by atoms with Gasteiger partial charge in [0.2, 0.25) is 0 Å². The molecule has 26 heavy (non-hydrogen) atoms. The number of guanidine groups is 1. The van der Waals surface area contributed by atoms with Gasteiger partial charge in [-0.15, -0.1) is 24.0 Å². The van der Waals surface area contributed by atoms with Gasteiger partial charge in [0.15, 0.2) is 5.96 Å². The van der Waals surface area contributed by atoms with Crippen LogP contribution in [-0.4, -0.2) is 20.5 Å². The molecule has 2 heterocycles. The number of hydrogen-bond acceptors (Lipinski definition) is 3. The fourth-order valence-corrected chi connectivity index (χ4v) is 3.11. The lowest BCUT2D eigenvalue weighted by atomic mass is 10.1. The van der Waals surface area contributed by atoms with Gasteiger partial charge >= 0.3 is 0 Å². The van der Waals surface area contributed by atoms with Crippen LogP contribution in [0.25, 0.3) is 5.82 Å². The van der Waals surface area contributed by atoms with E-state index in [0.29, 0.717) is 12.5 Å². The van der Waals surface area contributed by atoms with Crippen molar-refractivity contribution in [3.8, 4) is 5.82 Å². The Morgan fingerprint density at radius 3 is 2.88 bits per heavy atom. The molecule has 0 atom stereocenters. The standard InChI is InChI=1S/C19H20N6.HI/c20-19(24-17-5-4-15-2-1-3-16(15)11-17)23-12-14-6-7-22-18(10-14)25-9-8-21-13-25;/h4-11,13H,1-3,12H2,(H3,20,23,24);1H. The summed E-state index contributed by atoms with van der Waals surface area (Å²) in [5.41, 5.74) is 10.9. The van der Waals surface area contributed by atoms with Crippen LogP contribution in [0.3, 0.4) is 0 Å². The Labute approximate surface area is 169 Å². The fraction of sp³-hybridized carbons (Fsp3) is 0.211. The van der Waals surface area contributed by atoms with Crippen LogP contribution < -0.4 is 11.1 Å². The zero-order valence-electron chi connectivity index (χ0n) is 14.3. The van der Waals surface area contributed by atoms with Crippen molar-refractivity contribution >= 4 is 35.6 Å². The third kappa shape index (κ3) is 4.21. The summed E-state index contributed by atoms with van der Waals surface area (Å²) in [5, 5.41) is 3.18. The Balaban J connectivity index is 0.00000196. The first-order valence-electron chi connectivity index (χ1n) is 8.40. The number of imidazole rings is 1. The minimum absolute atomic E-state index is 0. The van der Waals surface area contributed by atoms with Crippen molar-refractivity contribution in [3.63, 3.8) is 0 Å². The zero-order valence-corrected chi connectivity index (χ0v) is 16.6. The van der Waals surface area contributed by atoms with Crippen molar-refractivity contribution in [3.05, 3.63) is 71.9 Å². The molecule has 0 fully saturated rings. The molecule has 4 rings (SSSR count). The highest BCUT2D eigenvalue weighted by atomic mass is 127. The Bertz CT molecular complexity index is 904. The van der Waals surface area contributed by atoms with Crippen molar-refractivity contribution in [2.24, 2.45) is 10.7 Å². The first-order valence-corrected chi connectivity index (χ1v) is 8.40. The zero-order chi connectivity index (χ0) is 17.1. The second kappa shape index (κ2) is 8.31. The molecule has 0 saturated heterocycles. The van der Waals surface area contributed by atoms with E-state index >= 15 is 0 Å². The second-order valence-corrected chi connectivity index (χ2v) is 6.16. The number of nitrogens with two attached hydrogens (primary N) is 1. The summed E-state index contributed by atoms with van der Waals surface area (Å²) in [5.74, 6) is 1.23. The van der Waals surface area contributed by atoms with Crippen LogP contribution in [0.15, 0.2) is 60.2 Å². The molecule has 3 N–H and O–H groups in total. The van der Waals surface area contributed by atoms with Crippen LogP contribution in [0, 0.1) is 0 Å². The third-order valence-electron chi connectivity index (χ3n) is 4.38. The average Bonchev–Trinajstić information content (AvgIpc) is 3.31. The molecule has 0 bridgehead atoms. The lowest BCUT2D eigenvalue weighted by Crippen LogP contribution is -2.22. The minimum atomic E-state index is 0. The predicted octanol–water partition coefficient (Wildman–Crippen LogP) is 3.30. The fourth-order valence-electron chi connectivity index (χ4n) is 3.11. The Kier molecular flexibility index (Phi) is 5.87.